The smallest absolute Gasteiger partial charge is 0.369 e. The van der Waals surface area contributed by atoms with Crippen molar-refractivity contribution in [3.05, 3.63) is 289 Å². The zero-order valence-electron chi connectivity index (χ0n) is 57.8. The van der Waals surface area contributed by atoms with Crippen LogP contribution >= 0.6 is 85.5 Å². The maximum Gasteiger partial charge on any atom is 0.418 e. The fourth-order valence-corrected chi connectivity index (χ4v) is 12.8. The van der Waals surface area contributed by atoms with Crippen LogP contribution in [0.4, 0.5) is 55.5 Å². The van der Waals surface area contributed by atoms with Gasteiger partial charge in [-0.2, -0.15) is 39.5 Å². The number of hydrogen-bond acceptors (Lipinski definition) is 9. The number of nitrogens with zero attached hydrogens (tertiary/aromatic N) is 7. The van der Waals surface area contributed by atoms with Crippen LogP contribution in [0.25, 0.3) is 68.1 Å². The third-order valence-corrected chi connectivity index (χ3v) is 19.5. The zero-order valence-corrected chi connectivity index (χ0v) is 63.9. The number of nitrogens with one attached hydrogen (secondary N) is 2. The predicted molar refractivity (Wildman–Crippen MR) is 422 cm³/mol. The lowest BCUT2D eigenvalue weighted by Gasteiger charge is -2.16. The van der Waals surface area contributed by atoms with Crippen molar-refractivity contribution in [1.82, 2.24) is 29.7 Å². The van der Waals surface area contributed by atoms with Gasteiger partial charge in [0.05, 0.1) is 70.1 Å². The third-order valence-electron chi connectivity index (χ3n) is 16.8. The highest BCUT2D eigenvalue weighted by atomic mass is 79.9. The van der Waals surface area contributed by atoms with E-state index in [1.165, 1.54) is 75.9 Å². The Kier molecular flexibility index (Phi) is 27.1. The fraction of sp³-hybridized carbons (Fsp3) is 0.198. The van der Waals surface area contributed by atoms with E-state index in [9.17, 15) is 43.9 Å². The Morgan fingerprint density at radius 1 is 0.477 bits per heavy atom. The second kappa shape index (κ2) is 35.7. The first kappa shape index (κ1) is 81.1. The molecule has 9 aromatic carbocycles. The highest BCUT2D eigenvalue weighted by molar-refractivity contribution is 9.10. The van der Waals surface area contributed by atoms with Crippen molar-refractivity contribution in [2.45, 2.75) is 51.3 Å². The number of hydrogen-bond donors (Lipinski definition) is 2. The molecular weight excluding hydrogens is 1580 g/mol. The molecule has 2 aromatic heterocycles. The van der Waals surface area contributed by atoms with Gasteiger partial charge in [0, 0.05) is 50.6 Å². The standard InChI is InChI=1S/C27H23F7N4.C22H21Cl2F3N4.C17H11BrCl2.C15H11Cl2N/c1-38(2)13-5-12-35-25-19-8-4-9-21(27(32,33)34)23(19)36-24(37-25)17-7-3-6-16(14-17)20-15-18(26(29,30)31)10-11-22(20)28;1-31(2)12-4-11-28-21-15-5-3-6-16(22(25,26)27)20(15)29-19(30-21)10-8-14-7-9-17(23)18(24)13-14;18-14-7-6-13-5-4-12(15(13)10-14)3-1-11-2-8-16(19)17(20)9-11;1-9-2-4-12-11(6-9)8-18-15(12)10-3-5-13(16)14(17)7-10/h3-4,6-11,14-15H,5,12-13H2,1-2H3,(H,35,36,37);3,5-10,13H,4,11-12H2,1-2H3,(H,28,29,30);1-4,6-10H,5H2;2-7H,8H2,1H3/b;10-8+;3-1+;. The van der Waals surface area contributed by atoms with Crippen LogP contribution in [-0.2, 0) is 31.5 Å². The summed E-state index contributed by atoms with van der Waals surface area (Å²) in [7, 11) is 7.71. The molecule has 1 aliphatic carbocycles. The maximum atomic E-state index is 14.5. The van der Waals surface area contributed by atoms with Crippen LogP contribution in [0.2, 0.25) is 30.1 Å². The first-order valence-corrected chi connectivity index (χ1v) is 36.2. The van der Waals surface area contributed by atoms with Crippen molar-refractivity contribution in [1.29, 1.82) is 0 Å². The fourth-order valence-electron chi connectivity index (χ4n) is 11.5. The number of anilines is 2. The maximum absolute atomic E-state index is 14.5. The molecule has 11 aromatic rings. The summed E-state index contributed by atoms with van der Waals surface area (Å²) in [5.74, 6) is -0.254. The number of fused-ring (bicyclic) bond motifs is 4. The van der Waals surface area contributed by atoms with Crippen molar-refractivity contribution in [2.24, 2.45) is 4.99 Å². The highest BCUT2D eigenvalue weighted by Crippen LogP contribution is 2.41. The quantitative estimate of drug-likeness (QED) is 0.0688. The van der Waals surface area contributed by atoms with Crippen molar-refractivity contribution in [3.63, 3.8) is 0 Å². The van der Waals surface area contributed by atoms with E-state index in [1.54, 1.807) is 36.4 Å². The molecule has 26 heteroatoms. The number of rotatable bonds is 17. The number of para-hydroxylation sites is 2. The van der Waals surface area contributed by atoms with Gasteiger partial charge >= 0.3 is 18.5 Å². The minimum atomic E-state index is -4.68. The van der Waals surface area contributed by atoms with Crippen molar-refractivity contribution in [3.8, 4) is 22.5 Å². The molecule has 0 amide bonds. The molecule has 0 fully saturated rings. The number of aromatic nitrogens is 4. The van der Waals surface area contributed by atoms with Gasteiger partial charge in [-0.3, -0.25) is 4.99 Å². The molecule has 0 saturated carbocycles. The molecule has 2 aliphatic rings. The van der Waals surface area contributed by atoms with Crippen LogP contribution in [0, 0.1) is 12.7 Å². The van der Waals surface area contributed by atoms with Gasteiger partial charge in [-0.05, 0) is 210 Å². The Labute approximate surface area is 650 Å². The van der Waals surface area contributed by atoms with Gasteiger partial charge in [-0.1, -0.05) is 188 Å². The van der Waals surface area contributed by atoms with Crippen molar-refractivity contribution in [2.75, 3.05) is 65.0 Å². The molecule has 3 heterocycles. The van der Waals surface area contributed by atoms with E-state index in [2.05, 4.69) is 113 Å². The molecule has 0 atom stereocenters. The van der Waals surface area contributed by atoms with Crippen LogP contribution in [0.3, 0.4) is 0 Å². The molecule has 0 unspecified atom stereocenters. The number of alkyl halides is 9. The monoisotopic (exact) mass is 1640 g/mol. The number of aliphatic imine (C=N–C) groups is 1. The molecule has 0 radical (unpaired) electrons. The Morgan fingerprint density at radius 2 is 1.04 bits per heavy atom. The van der Waals surface area contributed by atoms with Crippen LogP contribution in [-0.4, -0.2) is 89.8 Å². The molecule has 2 N–H and O–H groups in total. The first-order chi connectivity index (χ1) is 50.8. The average molecular weight is 1650 g/mol. The minimum absolute atomic E-state index is 0.0847. The molecule has 0 spiro atoms. The van der Waals surface area contributed by atoms with Crippen LogP contribution in [0.5, 0.6) is 0 Å². The van der Waals surface area contributed by atoms with Gasteiger partial charge in [0.2, 0.25) is 0 Å². The van der Waals surface area contributed by atoms with Gasteiger partial charge in [-0.15, -0.1) is 0 Å². The largest absolute Gasteiger partial charge is 0.418 e. The summed E-state index contributed by atoms with van der Waals surface area (Å²) in [4.78, 5) is 25.9. The van der Waals surface area contributed by atoms with Gasteiger partial charge in [0.15, 0.2) is 11.6 Å². The molecule has 0 saturated heterocycles. The van der Waals surface area contributed by atoms with E-state index in [4.69, 9.17) is 69.6 Å². The second-order valence-corrected chi connectivity index (χ2v) is 28.7. The van der Waals surface area contributed by atoms with E-state index in [0.717, 1.165) is 77.5 Å². The third kappa shape index (κ3) is 21.5. The van der Waals surface area contributed by atoms with E-state index >= 15 is 0 Å². The topological polar surface area (TPSA) is 94.5 Å². The van der Waals surface area contributed by atoms with E-state index < -0.39 is 41.0 Å². The van der Waals surface area contributed by atoms with Gasteiger partial charge < -0.3 is 20.4 Å². The Balaban J connectivity index is 0.000000159. The Bertz CT molecular complexity index is 5200. The summed E-state index contributed by atoms with van der Waals surface area (Å²) >= 11 is 39.4. The summed E-state index contributed by atoms with van der Waals surface area (Å²) in [5.41, 5.74) is 8.18. The Morgan fingerprint density at radius 3 is 1.62 bits per heavy atom. The van der Waals surface area contributed by atoms with E-state index in [-0.39, 0.29) is 50.6 Å². The van der Waals surface area contributed by atoms with E-state index in [1.807, 2.05) is 74.4 Å². The summed E-state index contributed by atoms with van der Waals surface area (Å²) in [6.07, 6.45) is -1.74. The second-order valence-electron chi connectivity index (χ2n) is 25.3. The summed E-state index contributed by atoms with van der Waals surface area (Å²) in [6, 6.07) is 44.6. The summed E-state index contributed by atoms with van der Waals surface area (Å²) in [5, 5.41) is 9.84. The lowest BCUT2D eigenvalue weighted by molar-refractivity contribution is -0.138. The zero-order chi connectivity index (χ0) is 77.1. The van der Waals surface area contributed by atoms with Crippen LogP contribution < -0.4 is 10.6 Å². The summed E-state index contributed by atoms with van der Waals surface area (Å²) < 4.78 is 137. The first-order valence-electron chi connectivity index (χ1n) is 33.1. The average Bonchev–Trinajstić information content (AvgIpc) is 1.57. The molecule has 13 rings (SSSR count). The van der Waals surface area contributed by atoms with Crippen LogP contribution in [0.1, 0.15) is 79.9 Å². The van der Waals surface area contributed by atoms with E-state index in [0.29, 0.717) is 73.0 Å². The SMILES string of the molecule is CN(C)CCCNc1nc(-c2cccc(-c3cc(C(F)(F)F)ccc3F)c2)nc2c(C(F)(F)F)cccc12.CN(C)CCCNc1nc(/C=C/c2ccc(Cl)c(Cl)c2)nc2c(C(F)(F)F)cccc12.Cc1ccc2c(c1)CN=C2c1ccc(Cl)c(Cl)c1.Clc1ccc(/C=C/C2=CCc3ccc(Br)cc32)cc1Cl. The lowest BCUT2D eigenvalue weighted by Crippen LogP contribution is -2.17. The molecule has 554 valence electrons. The molecular formula is C81H66BrCl6F10N9. The number of allylic oxidation sites excluding steroid dienone is 3. The van der Waals surface area contributed by atoms with Gasteiger partial charge in [-0.25, -0.2) is 24.3 Å². The Hall–Kier alpha value is -8.41. The molecule has 0 bridgehead atoms. The van der Waals surface area contributed by atoms with Crippen LogP contribution in [0.15, 0.2) is 191 Å². The summed E-state index contributed by atoms with van der Waals surface area (Å²) in [6.45, 7) is 5.41. The molecule has 107 heavy (non-hydrogen) atoms. The minimum Gasteiger partial charge on any atom is -0.369 e. The predicted octanol–water partition coefficient (Wildman–Crippen LogP) is 25.1. The molecule has 9 nitrogen and oxygen atoms in total. The van der Waals surface area contributed by atoms with Crippen molar-refractivity contribution >= 4 is 148 Å². The number of aryl methyl sites for hydroxylation is 1. The number of benzene rings is 9. The normalized spacial score (nSPS) is 12.7. The van der Waals surface area contributed by atoms with Gasteiger partial charge in [0.25, 0.3) is 0 Å². The lowest BCUT2D eigenvalue weighted by atomic mass is 9.99. The number of halogens is 17. The highest BCUT2D eigenvalue weighted by Gasteiger charge is 2.36. The van der Waals surface area contributed by atoms with Crippen molar-refractivity contribution < 1.29 is 43.9 Å². The molecule has 1 aliphatic heterocycles. The van der Waals surface area contributed by atoms with Gasteiger partial charge in [0.1, 0.15) is 17.5 Å².